The van der Waals surface area contributed by atoms with Gasteiger partial charge >= 0.3 is 0 Å². The van der Waals surface area contributed by atoms with Gasteiger partial charge in [-0.15, -0.1) is 0 Å². The van der Waals surface area contributed by atoms with Crippen molar-refractivity contribution in [2.24, 2.45) is 0 Å². The lowest BCUT2D eigenvalue weighted by Crippen LogP contribution is -2.22. The Hall–Kier alpha value is -1.75. The number of nitrogens with zero attached hydrogens (tertiary/aromatic N) is 2. The molecule has 0 saturated carbocycles. The number of nitrogens with two attached hydrogens (primary N) is 1. The van der Waals surface area contributed by atoms with Crippen molar-refractivity contribution >= 4 is 17.0 Å². The first-order valence-corrected chi connectivity index (χ1v) is 6.64. The van der Waals surface area contributed by atoms with Gasteiger partial charge in [0.25, 0.3) is 0 Å². The van der Waals surface area contributed by atoms with Crippen LogP contribution in [0.3, 0.4) is 0 Å². The maximum atomic E-state index is 6.07. The molecule has 2 heterocycles. The van der Waals surface area contributed by atoms with E-state index in [4.69, 9.17) is 15.2 Å². The third-order valence-electron chi connectivity index (χ3n) is 3.83. The fraction of sp³-hybridized carbons (Fsp3) is 0.500. The second-order valence-electron chi connectivity index (χ2n) is 4.99. The molecule has 1 saturated heterocycles. The summed E-state index contributed by atoms with van der Waals surface area (Å²) in [5, 5.41) is 0. The molecular formula is C14H19N3O2. The van der Waals surface area contributed by atoms with Gasteiger partial charge in [-0.2, -0.15) is 0 Å². The molecule has 102 valence electrons. The number of anilines is 1. The predicted molar refractivity (Wildman–Crippen MR) is 74.4 cm³/mol. The predicted octanol–water partition coefficient (Wildman–Crippen LogP) is 2.37. The second-order valence-corrected chi connectivity index (χ2v) is 4.99. The van der Waals surface area contributed by atoms with E-state index in [0.717, 1.165) is 36.2 Å². The lowest BCUT2D eigenvalue weighted by atomic mass is 10.1. The highest BCUT2D eigenvalue weighted by Crippen LogP contribution is 2.31. The zero-order chi connectivity index (χ0) is 13.4. The Bertz CT molecular complexity index is 588. The fourth-order valence-electron chi connectivity index (χ4n) is 2.80. The smallest absolute Gasteiger partial charge is 0.201 e. The second kappa shape index (κ2) is 4.74. The minimum Gasteiger partial charge on any atom is -0.497 e. The monoisotopic (exact) mass is 261 g/mol. The zero-order valence-electron chi connectivity index (χ0n) is 11.3. The molecule has 1 fully saturated rings. The molecule has 5 nitrogen and oxygen atoms in total. The summed E-state index contributed by atoms with van der Waals surface area (Å²) >= 11 is 0. The van der Waals surface area contributed by atoms with Crippen LogP contribution < -0.4 is 10.5 Å². The van der Waals surface area contributed by atoms with Gasteiger partial charge in [0.15, 0.2) is 0 Å². The van der Waals surface area contributed by atoms with Crippen LogP contribution in [-0.2, 0) is 4.74 Å². The number of rotatable bonds is 3. The molecule has 2 N–H and O–H groups in total. The quantitative estimate of drug-likeness (QED) is 0.921. The molecule has 19 heavy (non-hydrogen) atoms. The summed E-state index contributed by atoms with van der Waals surface area (Å²) in [5.74, 6) is 1.35. The summed E-state index contributed by atoms with van der Waals surface area (Å²) in [4.78, 5) is 4.41. The maximum Gasteiger partial charge on any atom is 0.201 e. The highest BCUT2D eigenvalue weighted by molar-refractivity contribution is 5.80. The summed E-state index contributed by atoms with van der Waals surface area (Å²) in [6, 6.07) is 5.99. The minimum absolute atomic E-state index is 0.180. The van der Waals surface area contributed by atoms with E-state index in [-0.39, 0.29) is 12.1 Å². The van der Waals surface area contributed by atoms with Crippen molar-refractivity contribution in [1.29, 1.82) is 0 Å². The van der Waals surface area contributed by atoms with E-state index >= 15 is 0 Å². The van der Waals surface area contributed by atoms with Crippen molar-refractivity contribution in [3.05, 3.63) is 18.2 Å². The Labute approximate surface area is 112 Å². The molecule has 2 atom stereocenters. The highest BCUT2D eigenvalue weighted by Gasteiger charge is 2.26. The number of fused-ring (bicyclic) bond motifs is 1. The Kier molecular flexibility index (Phi) is 3.06. The van der Waals surface area contributed by atoms with E-state index in [1.54, 1.807) is 7.11 Å². The molecule has 1 aliphatic heterocycles. The van der Waals surface area contributed by atoms with Crippen LogP contribution in [0.1, 0.15) is 25.8 Å². The van der Waals surface area contributed by atoms with Crippen LogP contribution in [0.15, 0.2) is 18.2 Å². The molecule has 1 aliphatic rings. The number of methoxy groups -OCH3 is 1. The van der Waals surface area contributed by atoms with Crippen molar-refractivity contribution in [2.45, 2.75) is 31.9 Å². The average Bonchev–Trinajstić information content (AvgIpc) is 3.03. The van der Waals surface area contributed by atoms with Gasteiger partial charge in [-0.25, -0.2) is 4.98 Å². The van der Waals surface area contributed by atoms with Gasteiger partial charge in [0, 0.05) is 12.7 Å². The summed E-state index contributed by atoms with van der Waals surface area (Å²) in [7, 11) is 1.66. The van der Waals surface area contributed by atoms with E-state index in [2.05, 4.69) is 11.9 Å². The molecule has 2 unspecified atom stereocenters. The SMILES string of the molecule is COc1ccc2nc(N)n(C(C)C3CCCO3)c2c1. The summed E-state index contributed by atoms with van der Waals surface area (Å²) < 4.78 is 13.1. The van der Waals surface area contributed by atoms with Gasteiger partial charge in [-0.3, -0.25) is 0 Å². The standard InChI is InChI=1S/C14H19N3O2/c1-9(13-4-3-7-19-13)17-12-8-10(18-2)5-6-11(12)16-14(17)15/h5-6,8-9,13H,3-4,7H2,1-2H3,(H2,15,16). The first kappa shape index (κ1) is 12.3. The largest absolute Gasteiger partial charge is 0.497 e. The summed E-state index contributed by atoms with van der Waals surface area (Å²) in [5.41, 5.74) is 7.96. The van der Waals surface area contributed by atoms with Crippen LogP contribution in [0, 0.1) is 0 Å². The van der Waals surface area contributed by atoms with Crippen LogP contribution in [-0.4, -0.2) is 29.4 Å². The maximum absolute atomic E-state index is 6.07. The van der Waals surface area contributed by atoms with Crippen LogP contribution in [0.2, 0.25) is 0 Å². The lowest BCUT2D eigenvalue weighted by Gasteiger charge is -2.22. The molecule has 0 amide bonds. The third-order valence-corrected chi connectivity index (χ3v) is 3.83. The van der Waals surface area contributed by atoms with E-state index in [1.165, 1.54) is 0 Å². The van der Waals surface area contributed by atoms with Crippen LogP contribution in [0.25, 0.3) is 11.0 Å². The first-order chi connectivity index (χ1) is 9.20. The number of aromatic nitrogens is 2. The van der Waals surface area contributed by atoms with Crippen LogP contribution >= 0.6 is 0 Å². The van der Waals surface area contributed by atoms with E-state index < -0.39 is 0 Å². The van der Waals surface area contributed by atoms with E-state index in [0.29, 0.717) is 5.95 Å². The molecule has 0 radical (unpaired) electrons. The van der Waals surface area contributed by atoms with Crippen LogP contribution in [0.4, 0.5) is 5.95 Å². The molecule has 2 aromatic rings. The van der Waals surface area contributed by atoms with Gasteiger partial charge in [0.2, 0.25) is 5.95 Å². The summed E-state index contributed by atoms with van der Waals surface area (Å²) in [6.45, 7) is 2.97. The van der Waals surface area contributed by atoms with Crippen molar-refractivity contribution in [2.75, 3.05) is 19.5 Å². The Morgan fingerprint density at radius 1 is 1.53 bits per heavy atom. The Morgan fingerprint density at radius 3 is 3.05 bits per heavy atom. The fourth-order valence-corrected chi connectivity index (χ4v) is 2.80. The third kappa shape index (κ3) is 2.04. The Balaban J connectivity index is 2.07. The van der Waals surface area contributed by atoms with Gasteiger partial charge in [0.1, 0.15) is 5.75 Å². The number of nitrogen functional groups attached to an aromatic ring is 1. The van der Waals surface area contributed by atoms with Crippen LogP contribution in [0.5, 0.6) is 5.75 Å². The van der Waals surface area contributed by atoms with Crippen molar-refractivity contribution in [3.63, 3.8) is 0 Å². The van der Waals surface area contributed by atoms with Gasteiger partial charge in [0.05, 0.1) is 30.3 Å². The molecule has 3 rings (SSSR count). The molecule has 1 aromatic carbocycles. The topological polar surface area (TPSA) is 62.3 Å². The number of benzene rings is 1. The molecule has 0 aliphatic carbocycles. The number of ether oxygens (including phenoxy) is 2. The first-order valence-electron chi connectivity index (χ1n) is 6.64. The molecule has 0 spiro atoms. The van der Waals surface area contributed by atoms with Gasteiger partial charge in [-0.05, 0) is 31.9 Å². The number of imidazole rings is 1. The highest BCUT2D eigenvalue weighted by atomic mass is 16.5. The summed E-state index contributed by atoms with van der Waals surface area (Å²) in [6.07, 6.45) is 2.40. The van der Waals surface area contributed by atoms with Gasteiger partial charge < -0.3 is 19.8 Å². The normalized spacial score (nSPS) is 20.8. The van der Waals surface area contributed by atoms with E-state index in [1.807, 2.05) is 22.8 Å². The van der Waals surface area contributed by atoms with Crippen molar-refractivity contribution < 1.29 is 9.47 Å². The molecular weight excluding hydrogens is 242 g/mol. The average molecular weight is 261 g/mol. The lowest BCUT2D eigenvalue weighted by molar-refractivity contribution is 0.0751. The molecule has 1 aromatic heterocycles. The van der Waals surface area contributed by atoms with Crippen molar-refractivity contribution in [3.8, 4) is 5.75 Å². The number of hydrogen-bond donors (Lipinski definition) is 1. The van der Waals surface area contributed by atoms with Gasteiger partial charge in [-0.1, -0.05) is 0 Å². The zero-order valence-corrected chi connectivity index (χ0v) is 11.3. The van der Waals surface area contributed by atoms with E-state index in [9.17, 15) is 0 Å². The molecule has 0 bridgehead atoms. The Morgan fingerprint density at radius 2 is 2.37 bits per heavy atom. The molecule has 5 heteroatoms. The van der Waals surface area contributed by atoms with Crippen molar-refractivity contribution in [1.82, 2.24) is 9.55 Å². The number of hydrogen-bond acceptors (Lipinski definition) is 4. The minimum atomic E-state index is 0.180.